The van der Waals surface area contributed by atoms with Crippen molar-refractivity contribution in [3.05, 3.63) is 18.0 Å². The highest BCUT2D eigenvalue weighted by Crippen LogP contribution is 2.19. The molecule has 1 aromatic rings. The van der Waals surface area contributed by atoms with Crippen LogP contribution in [0.15, 0.2) is 17.2 Å². The van der Waals surface area contributed by atoms with E-state index in [-0.39, 0.29) is 17.5 Å². The summed E-state index contributed by atoms with van der Waals surface area (Å²) in [5, 5.41) is 3.05. The average molecular weight is 317 g/mol. The minimum Gasteiger partial charge on any atom is -0.377 e. The second-order valence-corrected chi connectivity index (χ2v) is 7.75. The molecule has 0 saturated heterocycles. The van der Waals surface area contributed by atoms with E-state index in [9.17, 15) is 8.42 Å². The van der Waals surface area contributed by atoms with Crippen LogP contribution in [0.4, 0.5) is 0 Å². The quantitative estimate of drug-likeness (QED) is 0.762. The second kappa shape index (κ2) is 6.91. The summed E-state index contributed by atoms with van der Waals surface area (Å²) in [6.07, 6.45) is 1.68. The van der Waals surface area contributed by atoms with Gasteiger partial charge in [-0.1, -0.05) is 0 Å². The Hall–Kier alpha value is -0.890. The van der Waals surface area contributed by atoms with E-state index in [0.29, 0.717) is 6.54 Å². The number of nitrogens with zero attached hydrogens (tertiary/aromatic N) is 1. The number of nitrogens with one attached hydrogen (secondary N) is 2. The minimum atomic E-state index is -3.54. The predicted octanol–water partition coefficient (Wildman–Crippen LogP) is 1.49. The van der Waals surface area contributed by atoms with Crippen molar-refractivity contribution in [3.8, 4) is 0 Å². The summed E-state index contributed by atoms with van der Waals surface area (Å²) in [6, 6.07) is 1.91. The summed E-state index contributed by atoms with van der Waals surface area (Å²) >= 11 is 0. The Balaban J connectivity index is 3.01. The third-order valence-corrected chi connectivity index (χ3v) is 4.74. The summed E-state index contributed by atoms with van der Waals surface area (Å²) in [7, 11) is -0.133. The molecule has 0 aromatic carbocycles. The molecule has 0 atom stereocenters. The minimum absolute atomic E-state index is 0.202. The number of sulfonamides is 1. The number of ether oxygens (including phenoxy) is 1. The molecule has 1 rings (SSSR count). The van der Waals surface area contributed by atoms with E-state index in [2.05, 4.69) is 10.0 Å². The lowest BCUT2D eigenvalue weighted by Crippen LogP contribution is -2.39. The molecule has 6 nitrogen and oxygen atoms in total. The summed E-state index contributed by atoms with van der Waals surface area (Å²) in [5.74, 6) is 0. The van der Waals surface area contributed by atoms with Gasteiger partial charge < -0.3 is 14.6 Å². The van der Waals surface area contributed by atoms with Gasteiger partial charge in [0.25, 0.3) is 0 Å². The number of hydrogen-bond donors (Lipinski definition) is 2. The highest BCUT2D eigenvalue weighted by atomic mass is 32.2. The molecule has 0 amide bonds. The molecule has 122 valence electrons. The maximum Gasteiger partial charge on any atom is 0.242 e. The molecule has 0 bridgehead atoms. The van der Waals surface area contributed by atoms with Crippen molar-refractivity contribution in [1.82, 2.24) is 14.6 Å². The van der Waals surface area contributed by atoms with Crippen molar-refractivity contribution < 1.29 is 13.2 Å². The predicted molar refractivity (Wildman–Crippen MR) is 83.9 cm³/mol. The Labute approximate surface area is 127 Å². The van der Waals surface area contributed by atoms with Gasteiger partial charge in [-0.3, -0.25) is 0 Å². The van der Waals surface area contributed by atoms with Crippen LogP contribution < -0.4 is 10.0 Å². The Kier molecular flexibility index (Phi) is 5.98. The lowest BCUT2D eigenvalue weighted by Gasteiger charge is -2.22. The average Bonchev–Trinajstić information content (AvgIpc) is 2.82. The zero-order valence-electron chi connectivity index (χ0n) is 13.7. The van der Waals surface area contributed by atoms with E-state index in [1.54, 1.807) is 19.4 Å². The first-order valence-corrected chi connectivity index (χ1v) is 8.51. The van der Waals surface area contributed by atoms with Crippen LogP contribution in [-0.2, 0) is 21.3 Å². The largest absolute Gasteiger partial charge is 0.377 e. The summed E-state index contributed by atoms with van der Waals surface area (Å²) < 4.78 is 34.6. The van der Waals surface area contributed by atoms with Gasteiger partial charge in [0, 0.05) is 38.1 Å². The Morgan fingerprint density at radius 1 is 1.38 bits per heavy atom. The molecule has 1 heterocycles. The molecule has 7 heteroatoms. The fraction of sp³-hybridized carbons (Fsp3) is 0.714. The van der Waals surface area contributed by atoms with Crippen molar-refractivity contribution in [2.45, 2.75) is 50.8 Å². The first kappa shape index (κ1) is 18.2. The molecule has 0 spiro atoms. The van der Waals surface area contributed by atoms with Gasteiger partial charge in [-0.15, -0.1) is 0 Å². The summed E-state index contributed by atoms with van der Waals surface area (Å²) in [6.45, 7) is 8.56. The SMILES string of the molecule is CNCc1cc(S(=O)(=O)NCC(C)(C)OC)cn1C(C)C. The Bertz CT molecular complexity index is 562. The normalized spacial score (nSPS) is 13.1. The van der Waals surface area contributed by atoms with Crippen LogP contribution in [0.5, 0.6) is 0 Å². The van der Waals surface area contributed by atoms with Crippen LogP contribution in [0.1, 0.15) is 39.4 Å². The highest BCUT2D eigenvalue weighted by Gasteiger charge is 2.23. The van der Waals surface area contributed by atoms with E-state index < -0.39 is 15.6 Å². The van der Waals surface area contributed by atoms with Crippen LogP contribution >= 0.6 is 0 Å². The van der Waals surface area contributed by atoms with Gasteiger partial charge in [0.1, 0.15) is 0 Å². The number of aromatic nitrogens is 1. The van der Waals surface area contributed by atoms with E-state index in [1.165, 1.54) is 0 Å². The molecule has 1 aromatic heterocycles. The van der Waals surface area contributed by atoms with Gasteiger partial charge in [0.2, 0.25) is 10.0 Å². The maximum atomic E-state index is 12.4. The lowest BCUT2D eigenvalue weighted by atomic mass is 10.1. The molecule has 0 aliphatic rings. The van der Waals surface area contributed by atoms with E-state index >= 15 is 0 Å². The van der Waals surface area contributed by atoms with Crippen molar-refractivity contribution in [2.75, 3.05) is 20.7 Å². The molecule has 0 aliphatic carbocycles. The monoisotopic (exact) mass is 317 g/mol. The van der Waals surface area contributed by atoms with Crippen LogP contribution in [-0.4, -0.2) is 39.3 Å². The van der Waals surface area contributed by atoms with Gasteiger partial charge in [-0.25, -0.2) is 13.1 Å². The molecular weight excluding hydrogens is 290 g/mol. The molecule has 0 radical (unpaired) electrons. The first-order chi connectivity index (χ1) is 9.63. The van der Waals surface area contributed by atoms with Crippen LogP contribution in [0.2, 0.25) is 0 Å². The molecule has 0 saturated carbocycles. The third kappa shape index (κ3) is 4.81. The Morgan fingerprint density at radius 2 is 2.00 bits per heavy atom. The van der Waals surface area contributed by atoms with Crippen LogP contribution in [0.25, 0.3) is 0 Å². The molecule has 2 N–H and O–H groups in total. The van der Waals surface area contributed by atoms with Gasteiger partial charge >= 0.3 is 0 Å². The first-order valence-electron chi connectivity index (χ1n) is 7.03. The fourth-order valence-electron chi connectivity index (χ4n) is 1.87. The van der Waals surface area contributed by atoms with Crippen molar-refractivity contribution in [3.63, 3.8) is 0 Å². The van der Waals surface area contributed by atoms with Gasteiger partial charge in [-0.05, 0) is 40.8 Å². The van der Waals surface area contributed by atoms with Crippen molar-refractivity contribution in [2.24, 2.45) is 0 Å². The maximum absolute atomic E-state index is 12.4. The third-order valence-electron chi connectivity index (χ3n) is 3.37. The standard InChI is InChI=1S/C14H27N3O3S/c1-11(2)17-9-13(7-12(17)8-15-5)21(18,19)16-10-14(3,4)20-6/h7,9,11,15-16H,8,10H2,1-6H3. The molecule has 0 fully saturated rings. The van der Waals surface area contributed by atoms with Crippen molar-refractivity contribution in [1.29, 1.82) is 0 Å². The van der Waals surface area contributed by atoms with E-state index in [0.717, 1.165) is 5.69 Å². The van der Waals surface area contributed by atoms with E-state index in [1.807, 2.05) is 39.3 Å². The zero-order chi connectivity index (χ0) is 16.3. The second-order valence-electron chi connectivity index (χ2n) is 5.99. The molecule has 21 heavy (non-hydrogen) atoms. The Morgan fingerprint density at radius 3 is 2.48 bits per heavy atom. The van der Waals surface area contributed by atoms with E-state index in [4.69, 9.17) is 4.74 Å². The lowest BCUT2D eigenvalue weighted by molar-refractivity contribution is 0.0276. The van der Waals surface area contributed by atoms with Gasteiger partial charge in [0.15, 0.2) is 0 Å². The summed E-state index contributed by atoms with van der Waals surface area (Å²) in [5.41, 5.74) is 0.403. The fourth-order valence-corrected chi connectivity index (χ4v) is 3.12. The highest BCUT2D eigenvalue weighted by molar-refractivity contribution is 7.89. The molecule has 0 unspecified atom stereocenters. The van der Waals surface area contributed by atoms with Gasteiger partial charge in [-0.2, -0.15) is 0 Å². The topological polar surface area (TPSA) is 72.4 Å². The number of rotatable bonds is 8. The molecular formula is C14H27N3O3S. The zero-order valence-corrected chi connectivity index (χ0v) is 14.5. The van der Waals surface area contributed by atoms with Crippen LogP contribution in [0.3, 0.4) is 0 Å². The molecule has 0 aliphatic heterocycles. The summed E-state index contributed by atoms with van der Waals surface area (Å²) in [4.78, 5) is 0.286. The van der Waals surface area contributed by atoms with Crippen LogP contribution in [0, 0.1) is 0 Å². The smallest absolute Gasteiger partial charge is 0.242 e. The number of hydrogen-bond acceptors (Lipinski definition) is 4. The number of methoxy groups -OCH3 is 1. The van der Waals surface area contributed by atoms with Gasteiger partial charge in [0.05, 0.1) is 10.5 Å². The van der Waals surface area contributed by atoms with Crippen molar-refractivity contribution >= 4 is 10.0 Å².